The lowest BCUT2D eigenvalue weighted by atomic mass is 10.1. The lowest BCUT2D eigenvalue weighted by Gasteiger charge is -2.10. The van der Waals surface area contributed by atoms with E-state index in [0.717, 1.165) is 12.0 Å². The zero-order valence-electron chi connectivity index (χ0n) is 13.8. The summed E-state index contributed by atoms with van der Waals surface area (Å²) in [5.74, 6) is -0.0340. The van der Waals surface area contributed by atoms with E-state index in [1.807, 2.05) is 30.3 Å². The van der Waals surface area contributed by atoms with E-state index in [1.165, 1.54) is 6.07 Å². The van der Waals surface area contributed by atoms with Crippen LogP contribution in [0, 0.1) is 0 Å². The zero-order valence-corrected chi connectivity index (χ0v) is 14.6. The third kappa shape index (κ3) is 3.88. The number of fused-ring (bicyclic) bond motifs is 1. The molecule has 25 heavy (non-hydrogen) atoms. The van der Waals surface area contributed by atoms with E-state index in [1.54, 1.807) is 25.1 Å². The summed E-state index contributed by atoms with van der Waals surface area (Å²) in [6, 6.07) is 15.7. The van der Waals surface area contributed by atoms with E-state index in [9.17, 15) is 13.2 Å². The average molecular weight is 357 g/mol. The minimum atomic E-state index is -3.59. The van der Waals surface area contributed by atoms with Gasteiger partial charge in [-0.1, -0.05) is 42.5 Å². The van der Waals surface area contributed by atoms with Crippen molar-refractivity contribution in [3.8, 4) is 0 Å². The van der Waals surface area contributed by atoms with Crippen LogP contribution in [0.25, 0.3) is 0 Å². The van der Waals surface area contributed by atoms with Crippen molar-refractivity contribution in [2.75, 3.05) is 6.54 Å². The van der Waals surface area contributed by atoms with Crippen molar-refractivity contribution in [1.82, 2.24) is 10.0 Å². The first-order chi connectivity index (χ1) is 12.0. The third-order valence-corrected chi connectivity index (χ3v) is 5.32. The van der Waals surface area contributed by atoms with Gasteiger partial charge in [0, 0.05) is 12.1 Å². The molecular weight excluding hydrogens is 338 g/mol. The lowest BCUT2D eigenvalue weighted by molar-refractivity contribution is -0.121. The van der Waals surface area contributed by atoms with E-state index in [4.69, 9.17) is 0 Å². The highest BCUT2D eigenvalue weighted by Crippen LogP contribution is 2.22. The first kappa shape index (κ1) is 17.2. The summed E-state index contributed by atoms with van der Waals surface area (Å²) >= 11 is 0. The highest BCUT2D eigenvalue weighted by molar-refractivity contribution is 7.90. The second kappa shape index (κ2) is 7.06. The number of aliphatic imine (C=N–C) groups is 1. The van der Waals surface area contributed by atoms with Gasteiger partial charge in [0.2, 0.25) is 5.91 Å². The largest absolute Gasteiger partial charge is 0.354 e. The zero-order chi connectivity index (χ0) is 17.9. The van der Waals surface area contributed by atoms with Gasteiger partial charge < -0.3 is 5.32 Å². The lowest BCUT2D eigenvalue weighted by Crippen LogP contribution is -2.35. The van der Waals surface area contributed by atoms with Gasteiger partial charge in [-0.25, -0.2) is 8.42 Å². The molecule has 0 saturated carbocycles. The molecule has 6 nitrogen and oxygen atoms in total. The Bertz CT molecular complexity index is 908. The fourth-order valence-corrected chi connectivity index (χ4v) is 3.84. The van der Waals surface area contributed by atoms with Gasteiger partial charge in [0.1, 0.15) is 11.9 Å². The van der Waals surface area contributed by atoms with Crippen LogP contribution < -0.4 is 10.0 Å². The minimum absolute atomic E-state index is 0.186. The summed E-state index contributed by atoms with van der Waals surface area (Å²) in [5, 5.41) is 2.83. The molecule has 1 aliphatic heterocycles. The molecular formula is C18H19N3O3S. The van der Waals surface area contributed by atoms with Crippen molar-refractivity contribution in [3.63, 3.8) is 0 Å². The van der Waals surface area contributed by atoms with Gasteiger partial charge in [-0.3, -0.25) is 14.5 Å². The minimum Gasteiger partial charge on any atom is -0.354 e. The highest BCUT2D eigenvalue weighted by Gasteiger charge is 2.31. The molecule has 1 unspecified atom stereocenters. The van der Waals surface area contributed by atoms with Crippen LogP contribution in [0.15, 0.2) is 64.5 Å². The molecule has 1 heterocycles. The molecule has 0 aromatic heterocycles. The Hall–Kier alpha value is -2.67. The Morgan fingerprint density at radius 1 is 1.12 bits per heavy atom. The van der Waals surface area contributed by atoms with Crippen LogP contribution in [0.2, 0.25) is 0 Å². The van der Waals surface area contributed by atoms with Crippen LogP contribution in [0.1, 0.15) is 18.1 Å². The summed E-state index contributed by atoms with van der Waals surface area (Å²) < 4.78 is 26.5. The molecule has 2 aromatic rings. The summed E-state index contributed by atoms with van der Waals surface area (Å²) in [6.07, 6.45) is 0.728. The normalized spacial score (nSPS) is 17.6. The van der Waals surface area contributed by atoms with E-state index in [-0.39, 0.29) is 16.6 Å². The number of amidine groups is 1. The number of amides is 1. The number of rotatable bonds is 5. The molecule has 0 aliphatic carbocycles. The predicted molar refractivity (Wildman–Crippen MR) is 95.9 cm³/mol. The number of benzene rings is 2. The van der Waals surface area contributed by atoms with Crippen molar-refractivity contribution in [2.45, 2.75) is 24.3 Å². The molecule has 1 atom stereocenters. The maximum absolute atomic E-state index is 12.2. The van der Waals surface area contributed by atoms with Crippen molar-refractivity contribution in [2.24, 2.45) is 4.99 Å². The first-order valence-corrected chi connectivity index (χ1v) is 9.47. The number of sulfonamides is 1. The second-order valence-electron chi connectivity index (χ2n) is 5.78. The smallest absolute Gasteiger partial charge is 0.263 e. The molecule has 0 bridgehead atoms. The number of carbonyl (C=O) groups is 1. The van der Waals surface area contributed by atoms with Gasteiger partial charge in [-0.2, -0.15) is 0 Å². The molecule has 0 saturated heterocycles. The maximum atomic E-state index is 12.2. The quantitative estimate of drug-likeness (QED) is 0.849. The van der Waals surface area contributed by atoms with E-state index in [0.29, 0.717) is 12.1 Å². The molecule has 1 amide bonds. The van der Waals surface area contributed by atoms with Crippen molar-refractivity contribution < 1.29 is 13.2 Å². The van der Waals surface area contributed by atoms with Crippen LogP contribution in [0.3, 0.4) is 0 Å². The van der Waals surface area contributed by atoms with Gasteiger partial charge in [-0.15, -0.1) is 0 Å². The molecule has 0 radical (unpaired) electrons. The Morgan fingerprint density at radius 3 is 2.56 bits per heavy atom. The van der Waals surface area contributed by atoms with Gasteiger partial charge in [0.05, 0.1) is 4.90 Å². The molecule has 0 spiro atoms. The van der Waals surface area contributed by atoms with Crippen LogP contribution in [0.4, 0.5) is 0 Å². The van der Waals surface area contributed by atoms with Gasteiger partial charge in [0.25, 0.3) is 10.0 Å². The number of nitrogens with one attached hydrogen (secondary N) is 2. The number of hydrogen-bond donors (Lipinski definition) is 2. The van der Waals surface area contributed by atoms with E-state index < -0.39 is 16.1 Å². The first-order valence-electron chi connectivity index (χ1n) is 7.99. The van der Waals surface area contributed by atoms with Crippen molar-refractivity contribution in [3.05, 3.63) is 65.7 Å². The van der Waals surface area contributed by atoms with Crippen LogP contribution in [-0.4, -0.2) is 32.7 Å². The van der Waals surface area contributed by atoms with Gasteiger partial charge in [0.15, 0.2) is 0 Å². The maximum Gasteiger partial charge on any atom is 0.263 e. The standard InChI is InChI=1S/C18H19N3O3S/c1-13(18(22)19-12-11-14-7-3-2-4-8-14)20-17-15-9-5-6-10-16(15)25(23,24)21-17/h2-10,13H,11-12H2,1H3,(H,19,22)(H,20,21). The molecule has 7 heteroatoms. The molecule has 2 N–H and O–H groups in total. The van der Waals surface area contributed by atoms with Crippen LogP contribution in [0.5, 0.6) is 0 Å². The molecule has 0 fully saturated rings. The monoisotopic (exact) mass is 357 g/mol. The number of hydrogen-bond acceptors (Lipinski definition) is 4. The topological polar surface area (TPSA) is 87.6 Å². The Labute approximate surface area is 147 Å². The second-order valence-corrected chi connectivity index (χ2v) is 7.43. The SMILES string of the molecule is CC(N=C1NS(=O)(=O)c2ccccc21)C(=O)NCCc1ccccc1. The predicted octanol–water partition coefficient (Wildman–Crippen LogP) is 1.47. The fraction of sp³-hybridized carbons (Fsp3) is 0.222. The van der Waals surface area contributed by atoms with E-state index in [2.05, 4.69) is 15.0 Å². The molecule has 3 rings (SSSR count). The molecule has 130 valence electrons. The van der Waals surface area contributed by atoms with Crippen LogP contribution >= 0.6 is 0 Å². The average Bonchev–Trinajstić information content (AvgIpc) is 2.86. The summed E-state index contributed by atoms with van der Waals surface area (Å²) in [5.41, 5.74) is 1.63. The summed E-state index contributed by atoms with van der Waals surface area (Å²) in [6.45, 7) is 2.14. The highest BCUT2D eigenvalue weighted by atomic mass is 32.2. The number of nitrogens with zero attached hydrogens (tertiary/aromatic N) is 1. The Morgan fingerprint density at radius 2 is 1.80 bits per heavy atom. The van der Waals surface area contributed by atoms with E-state index >= 15 is 0 Å². The Kier molecular flexibility index (Phi) is 4.85. The van der Waals surface area contributed by atoms with Crippen molar-refractivity contribution in [1.29, 1.82) is 0 Å². The van der Waals surface area contributed by atoms with Gasteiger partial charge >= 0.3 is 0 Å². The third-order valence-electron chi connectivity index (χ3n) is 3.92. The van der Waals surface area contributed by atoms with Crippen molar-refractivity contribution >= 4 is 21.8 Å². The Balaban J connectivity index is 1.64. The van der Waals surface area contributed by atoms with Crippen LogP contribution in [-0.2, 0) is 21.2 Å². The fourth-order valence-electron chi connectivity index (χ4n) is 2.60. The summed E-state index contributed by atoms with van der Waals surface area (Å²) in [4.78, 5) is 16.6. The van der Waals surface area contributed by atoms with Gasteiger partial charge in [-0.05, 0) is 31.0 Å². The summed E-state index contributed by atoms with van der Waals surface area (Å²) in [7, 11) is -3.59. The molecule has 2 aromatic carbocycles. The number of carbonyl (C=O) groups excluding carboxylic acids is 1. The molecule has 1 aliphatic rings.